The Morgan fingerprint density at radius 2 is 1.53 bits per heavy atom. The number of nitrogens with one attached hydrogen (secondary N) is 2. The fraction of sp³-hybridized carbons (Fsp3) is 0.444. The molecule has 30 heavy (non-hydrogen) atoms. The van der Waals surface area contributed by atoms with Gasteiger partial charge in [-0.15, -0.1) is 0 Å². The molecule has 0 radical (unpaired) electrons. The number of aromatic amines is 1. The van der Waals surface area contributed by atoms with Gasteiger partial charge in [-0.05, 0) is 44.5 Å². The number of aromatic nitrogens is 2. The third-order valence-corrected chi connectivity index (χ3v) is 8.96. The van der Waals surface area contributed by atoms with Crippen molar-refractivity contribution in [3.05, 3.63) is 35.7 Å². The maximum atomic E-state index is 13.1. The van der Waals surface area contributed by atoms with E-state index in [1.165, 1.54) is 39.8 Å². The number of carbonyl (C=O) groups excluding carboxylic acids is 1. The Labute approximate surface area is 176 Å². The zero-order valence-corrected chi connectivity index (χ0v) is 18.7. The number of rotatable bonds is 5. The van der Waals surface area contributed by atoms with Crippen LogP contribution in [0.3, 0.4) is 0 Å². The van der Waals surface area contributed by atoms with Crippen LogP contribution in [0.25, 0.3) is 0 Å². The minimum Gasteiger partial charge on any atom is -0.326 e. The molecule has 1 amide bonds. The highest BCUT2D eigenvalue weighted by Gasteiger charge is 2.34. The molecule has 1 aliphatic rings. The number of benzene rings is 1. The molecule has 0 saturated carbocycles. The predicted octanol–water partition coefficient (Wildman–Crippen LogP) is 1.07. The van der Waals surface area contributed by atoms with E-state index in [9.17, 15) is 21.6 Å². The number of anilines is 1. The van der Waals surface area contributed by atoms with Gasteiger partial charge in [0, 0.05) is 38.8 Å². The normalized spacial score (nSPS) is 16.9. The van der Waals surface area contributed by atoms with E-state index >= 15 is 0 Å². The molecule has 1 fully saturated rings. The number of aryl methyl sites for hydroxylation is 2. The molecule has 0 spiro atoms. The Morgan fingerprint density at radius 3 is 2.03 bits per heavy atom. The highest BCUT2D eigenvalue weighted by Crippen LogP contribution is 2.25. The van der Waals surface area contributed by atoms with Gasteiger partial charge in [-0.25, -0.2) is 16.8 Å². The van der Waals surface area contributed by atoms with Gasteiger partial charge in [0.2, 0.25) is 26.0 Å². The van der Waals surface area contributed by atoms with Crippen LogP contribution in [0.2, 0.25) is 0 Å². The van der Waals surface area contributed by atoms with Crippen LogP contribution in [0.15, 0.2) is 34.1 Å². The van der Waals surface area contributed by atoms with E-state index < -0.39 is 20.0 Å². The van der Waals surface area contributed by atoms with Gasteiger partial charge < -0.3 is 5.32 Å². The van der Waals surface area contributed by atoms with Crippen LogP contribution in [0, 0.1) is 13.8 Å². The summed E-state index contributed by atoms with van der Waals surface area (Å²) >= 11 is 0. The van der Waals surface area contributed by atoms with Crippen LogP contribution < -0.4 is 5.32 Å². The first-order chi connectivity index (χ1) is 14.0. The van der Waals surface area contributed by atoms with Gasteiger partial charge in [0.25, 0.3) is 0 Å². The molecule has 0 unspecified atom stereocenters. The Balaban J connectivity index is 1.78. The van der Waals surface area contributed by atoms with Crippen molar-refractivity contribution in [1.82, 2.24) is 18.8 Å². The number of hydrogen-bond acceptors (Lipinski definition) is 6. The molecule has 2 heterocycles. The van der Waals surface area contributed by atoms with Crippen molar-refractivity contribution in [2.24, 2.45) is 0 Å². The van der Waals surface area contributed by atoms with Gasteiger partial charge in [-0.2, -0.15) is 13.7 Å². The molecule has 1 aliphatic heterocycles. The summed E-state index contributed by atoms with van der Waals surface area (Å²) in [5, 5.41) is 9.23. The second-order valence-electron chi connectivity index (χ2n) is 7.13. The van der Waals surface area contributed by atoms with E-state index in [4.69, 9.17) is 0 Å². The van der Waals surface area contributed by atoms with Crippen molar-refractivity contribution in [2.75, 3.05) is 31.5 Å². The molecule has 0 aliphatic carbocycles. The third kappa shape index (κ3) is 4.41. The van der Waals surface area contributed by atoms with E-state index in [-0.39, 0.29) is 41.9 Å². The molecule has 2 N–H and O–H groups in total. The van der Waals surface area contributed by atoms with Crippen molar-refractivity contribution in [2.45, 2.75) is 37.0 Å². The topological polar surface area (TPSA) is 133 Å². The lowest BCUT2D eigenvalue weighted by Gasteiger charge is -2.22. The lowest BCUT2D eigenvalue weighted by atomic mass is 10.3. The monoisotopic (exact) mass is 455 g/mol. The van der Waals surface area contributed by atoms with Crippen molar-refractivity contribution >= 4 is 31.6 Å². The van der Waals surface area contributed by atoms with E-state index in [1.54, 1.807) is 13.8 Å². The lowest BCUT2D eigenvalue weighted by molar-refractivity contribution is -0.114. The quantitative estimate of drug-likeness (QED) is 0.693. The number of hydrogen-bond donors (Lipinski definition) is 2. The number of sulfonamides is 2. The van der Waals surface area contributed by atoms with Crippen LogP contribution in [0.5, 0.6) is 0 Å². The Hall–Kier alpha value is -2.28. The SMILES string of the molecule is CC(=O)Nc1ccc(S(=O)(=O)N2CCCN(S(=O)(=O)c3c(C)n[nH]c3C)CC2)cc1. The number of carbonyl (C=O) groups is 1. The maximum absolute atomic E-state index is 13.1. The molecular formula is C18H25N5O5S2. The van der Waals surface area contributed by atoms with E-state index in [2.05, 4.69) is 15.5 Å². The molecule has 2 aromatic rings. The van der Waals surface area contributed by atoms with E-state index in [0.29, 0.717) is 23.5 Å². The van der Waals surface area contributed by atoms with Crippen molar-refractivity contribution in [1.29, 1.82) is 0 Å². The maximum Gasteiger partial charge on any atom is 0.246 e. The van der Waals surface area contributed by atoms with Crippen LogP contribution >= 0.6 is 0 Å². The minimum atomic E-state index is -3.79. The number of nitrogens with zero attached hydrogens (tertiary/aromatic N) is 3. The van der Waals surface area contributed by atoms with Gasteiger partial charge in [-0.3, -0.25) is 9.89 Å². The second-order valence-corrected chi connectivity index (χ2v) is 10.9. The van der Waals surface area contributed by atoms with Gasteiger partial charge in [-0.1, -0.05) is 0 Å². The standard InChI is InChI=1S/C18H25N5O5S2/c1-13-18(14(2)21-20-13)30(27,28)23-10-4-9-22(11-12-23)29(25,26)17-7-5-16(6-8-17)19-15(3)24/h5-8H,4,9-12H2,1-3H3,(H,19,24)(H,20,21). The summed E-state index contributed by atoms with van der Waals surface area (Å²) in [5.74, 6) is -0.248. The zero-order chi connectivity index (χ0) is 22.1. The third-order valence-electron chi connectivity index (χ3n) is 4.88. The first kappa shape index (κ1) is 22.4. The van der Waals surface area contributed by atoms with Gasteiger partial charge >= 0.3 is 0 Å². The summed E-state index contributed by atoms with van der Waals surface area (Å²) < 4.78 is 54.8. The molecule has 3 rings (SSSR count). The van der Waals surface area contributed by atoms with Gasteiger partial charge in [0.15, 0.2) is 0 Å². The summed E-state index contributed by atoms with van der Waals surface area (Å²) in [4.78, 5) is 11.4. The summed E-state index contributed by atoms with van der Waals surface area (Å²) in [7, 11) is -7.57. The number of amides is 1. The highest BCUT2D eigenvalue weighted by molar-refractivity contribution is 7.89. The molecule has 1 aromatic carbocycles. The van der Waals surface area contributed by atoms with Crippen LogP contribution in [-0.4, -0.2) is 67.7 Å². The molecule has 0 bridgehead atoms. The van der Waals surface area contributed by atoms with Crippen LogP contribution in [0.1, 0.15) is 24.7 Å². The molecule has 10 nitrogen and oxygen atoms in total. The number of H-pyrrole nitrogens is 1. The molecule has 164 valence electrons. The van der Waals surface area contributed by atoms with Gasteiger partial charge in [0.05, 0.1) is 16.3 Å². The summed E-state index contributed by atoms with van der Waals surface area (Å²) in [6.45, 7) is 5.17. The molecule has 1 aromatic heterocycles. The second kappa shape index (κ2) is 8.46. The van der Waals surface area contributed by atoms with Crippen LogP contribution in [0.4, 0.5) is 5.69 Å². The Kier molecular flexibility index (Phi) is 6.32. The summed E-state index contributed by atoms with van der Waals surface area (Å²) in [6.07, 6.45) is 0.373. The smallest absolute Gasteiger partial charge is 0.246 e. The van der Waals surface area contributed by atoms with E-state index in [1.807, 2.05) is 0 Å². The average molecular weight is 456 g/mol. The van der Waals surface area contributed by atoms with Crippen LogP contribution in [-0.2, 0) is 24.8 Å². The average Bonchev–Trinajstić information content (AvgIpc) is 2.86. The summed E-state index contributed by atoms with van der Waals surface area (Å²) in [6, 6.07) is 5.90. The molecule has 12 heteroatoms. The zero-order valence-electron chi connectivity index (χ0n) is 17.0. The highest BCUT2D eigenvalue weighted by atomic mass is 32.2. The largest absolute Gasteiger partial charge is 0.326 e. The lowest BCUT2D eigenvalue weighted by Crippen LogP contribution is -2.37. The Morgan fingerprint density at radius 1 is 0.967 bits per heavy atom. The minimum absolute atomic E-state index is 0.0466. The fourth-order valence-electron chi connectivity index (χ4n) is 3.46. The first-order valence-corrected chi connectivity index (χ1v) is 12.3. The predicted molar refractivity (Wildman–Crippen MR) is 111 cm³/mol. The molecule has 0 atom stereocenters. The molecule has 1 saturated heterocycles. The first-order valence-electron chi connectivity index (χ1n) is 9.43. The van der Waals surface area contributed by atoms with Crippen molar-refractivity contribution < 1.29 is 21.6 Å². The van der Waals surface area contributed by atoms with Crippen molar-refractivity contribution in [3.8, 4) is 0 Å². The fourth-order valence-corrected chi connectivity index (χ4v) is 6.73. The van der Waals surface area contributed by atoms with E-state index in [0.717, 1.165) is 0 Å². The van der Waals surface area contributed by atoms with Crippen molar-refractivity contribution in [3.63, 3.8) is 0 Å². The summed E-state index contributed by atoms with van der Waals surface area (Å²) in [5.41, 5.74) is 1.35. The molecular weight excluding hydrogens is 430 g/mol. The Bertz CT molecular complexity index is 1120. The van der Waals surface area contributed by atoms with Gasteiger partial charge in [0.1, 0.15) is 4.90 Å².